The van der Waals surface area contributed by atoms with Crippen LogP contribution < -0.4 is 14.8 Å². The minimum Gasteiger partial charge on any atom is -0.486 e. The summed E-state index contributed by atoms with van der Waals surface area (Å²) in [6, 6.07) is 6.14. The van der Waals surface area contributed by atoms with E-state index in [2.05, 4.69) is 5.32 Å². The lowest BCUT2D eigenvalue weighted by molar-refractivity contribution is -0.384. The zero-order chi connectivity index (χ0) is 15.7. The van der Waals surface area contributed by atoms with Gasteiger partial charge in [-0.15, -0.1) is 11.3 Å². The molecule has 0 saturated heterocycles. The molecule has 0 atom stereocenters. The van der Waals surface area contributed by atoms with Crippen molar-refractivity contribution < 1.29 is 19.2 Å². The van der Waals surface area contributed by atoms with Crippen molar-refractivity contribution in [2.45, 2.75) is 0 Å². The second kappa shape index (κ2) is 5.82. The van der Waals surface area contributed by atoms with Crippen LogP contribution in [0, 0.1) is 10.1 Å². The molecule has 1 aliphatic rings. The Morgan fingerprint density at radius 2 is 2.00 bits per heavy atom. The Hall–Kier alpha value is -2.32. The number of benzene rings is 1. The molecule has 2 aromatic rings. The van der Waals surface area contributed by atoms with E-state index in [1.54, 1.807) is 18.2 Å². The zero-order valence-corrected chi connectivity index (χ0v) is 12.6. The first-order valence-electron chi connectivity index (χ1n) is 6.19. The number of hydrogen-bond donors (Lipinski definition) is 1. The molecule has 2 heterocycles. The number of rotatable bonds is 3. The number of fused-ring (bicyclic) bond motifs is 1. The quantitative estimate of drug-likeness (QED) is 0.683. The van der Waals surface area contributed by atoms with Gasteiger partial charge in [0.25, 0.3) is 11.6 Å². The van der Waals surface area contributed by atoms with E-state index in [1.165, 1.54) is 0 Å². The summed E-state index contributed by atoms with van der Waals surface area (Å²) in [6.45, 7) is 0.924. The molecular formula is C13H9ClN2O5S. The number of ether oxygens (including phenoxy) is 2. The molecular weight excluding hydrogens is 332 g/mol. The standard InChI is InChI=1S/C13H9ClN2O5S/c14-12-8(16(18)19)6-11(22-12)13(17)15-7-1-2-9-10(5-7)21-4-3-20-9/h1-2,5-6H,3-4H2,(H,15,17). The number of nitrogens with zero attached hydrogens (tertiary/aromatic N) is 1. The maximum Gasteiger partial charge on any atom is 0.299 e. The molecule has 1 aliphatic heterocycles. The Kier molecular flexibility index (Phi) is 3.86. The van der Waals surface area contributed by atoms with Crippen LogP contribution in [-0.4, -0.2) is 24.0 Å². The molecule has 1 N–H and O–H groups in total. The molecule has 0 radical (unpaired) electrons. The van der Waals surface area contributed by atoms with Crippen molar-refractivity contribution in [3.8, 4) is 11.5 Å². The van der Waals surface area contributed by atoms with E-state index in [0.717, 1.165) is 17.4 Å². The first kappa shape index (κ1) is 14.6. The highest BCUT2D eigenvalue weighted by Crippen LogP contribution is 2.35. The second-order valence-corrected chi connectivity index (χ2v) is 5.99. The van der Waals surface area contributed by atoms with Gasteiger partial charge in [0, 0.05) is 17.8 Å². The predicted molar refractivity (Wildman–Crippen MR) is 81.4 cm³/mol. The molecule has 0 unspecified atom stereocenters. The van der Waals surface area contributed by atoms with Crippen LogP contribution in [0.1, 0.15) is 9.67 Å². The molecule has 0 bridgehead atoms. The average Bonchev–Trinajstić information content (AvgIpc) is 2.89. The molecule has 7 nitrogen and oxygen atoms in total. The van der Waals surface area contributed by atoms with Crippen LogP contribution in [0.15, 0.2) is 24.3 Å². The molecule has 3 rings (SSSR count). The van der Waals surface area contributed by atoms with Crippen LogP contribution in [0.2, 0.25) is 4.34 Å². The fourth-order valence-corrected chi connectivity index (χ4v) is 3.03. The number of anilines is 1. The van der Waals surface area contributed by atoms with Gasteiger partial charge < -0.3 is 14.8 Å². The van der Waals surface area contributed by atoms with Gasteiger partial charge in [-0.1, -0.05) is 11.6 Å². The van der Waals surface area contributed by atoms with Crippen LogP contribution in [0.25, 0.3) is 0 Å². The van der Waals surface area contributed by atoms with E-state index in [1.807, 2.05) is 0 Å². The molecule has 0 spiro atoms. The summed E-state index contributed by atoms with van der Waals surface area (Å²) in [5, 5.41) is 13.4. The minimum absolute atomic E-state index is 0.0303. The fourth-order valence-electron chi connectivity index (χ4n) is 1.91. The summed E-state index contributed by atoms with van der Waals surface area (Å²) in [5.74, 6) is 0.676. The SMILES string of the molecule is O=C(Nc1ccc2c(c1)OCCO2)c1cc([N+](=O)[O-])c(Cl)s1. The molecule has 0 fully saturated rings. The highest BCUT2D eigenvalue weighted by molar-refractivity contribution is 7.18. The van der Waals surface area contributed by atoms with Crippen molar-refractivity contribution in [1.29, 1.82) is 0 Å². The second-order valence-electron chi connectivity index (χ2n) is 4.34. The van der Waals surface area contributed by atoms with Gasteiger partial charge in [-0.05, 0) is 12.1 Å². The molecule has 1 aromatic heterocycles. The molecule has 0 aliphatic carbocycles. The van der Waals surface area contributed by atoms with Crippen LogP contribution >= 0.6 is 22.9 Å². The third-order valence-electron chi connectivity index (χ3n) is 2.89. The van der Waals surface area contributed by atoms with Gasteiger partial charge in [0.15, 0.2) is 15.8 Å². The Balaban J connectivity index is 1.79. The van der Waals surface area contributed by atoms with E-state index < -0.39 is 10.8 Å². The number of thiophene rings is 1. The normalized spacial score (nSPS) is 12.8. The molecule has 0 saturated carbocycles. The summed E-state index contributed by atoms with van der Waals surface area (Å²) >= 11 is 6.60. The lowest BCUT2D eigenvalue weighted by atomic mass is 10.2. The first-order chi connectivity index (χ1) is 10.5. The molecule has 1 amide bonds. The van der Waals surface area contributed by atoms with E-state index in [9.17, 15) is 14.9 Å². The number of halogens is 1. The average molecular weight is 341 g/mol. The van der Waals surface area contributed by atoms with Crippen molar-refractivity contribution >= 4 is 40.2 Å². The third-order valence-corrected chi connectivity index (χ3v) is 4.23. The van der Waals surface area contributed by atoms with E-state index >= 15 is 0 Å². The predicted octanol–water partition coefficient (Wildman–Crippen LogP) is 3.33. The van der Waals surface area contributed by atoms with Crippen LogP contribution in [-0.2, 0) is 0 Å². The van der Waals surface area contributed by atoms with Gasteiger partial charge >= 0.3 is 0 Å². The summed E-state index contributed by atoms with van der Waals surface area (Å²) in [7, 11) is 0. The van der Waals surface area contributed by atoms with Gasteiger partial charge in [0.05, 0.1) is 4.92 Å². The van der Waals surface area contributed by atoms with Crippen molar-refractivity contribution in [3.63, 3.8) is 0 Å². The molecule has 114 valence electrons. The zero-order valence-electron chi connectivity index (χ0n) is 11.0. The Labute approximate surface area is 133 Å². The summed E-state index contributed by atoms with van der Waals surface area (Å²) in [4.78, 5) is 22.4. The first-order valence-corrected chi connectivity index (χ1v) is 7.39. The highest BCUT2D eigenvalue weighted by atomic mass is 35.5. The minimum atomic E-state index is -0.625. The number of nitrogens with one attached hydrogen (secondary N) is 1. The van der Waals surface area contributed by atoms with Gasteiger partial charge in [-0.2, -0.15) is 0 Å². The van der Waals surface area contributed by atoms with Crippen LogP contribution in [0.3, 0.4) is 0 Å². The Morgan fingerprint density at radius 3 is 2.68 bits per heavy atom. The van der Waals surface area contributed by atoms with Gasteiger partial charge in [0.2, 0.25) is 0 Å². The fraction of sp³-hybridized carbons (Fsp3) is 0.154. The van der Waals surface area contributed by atoms with Crippen molar-refractivity contribution in [1.82, 2.24) is 0 Å². The number of carbonyl (C=O) groups is 1. The maximum atomic E-state index is 12.1. The number of hydrogen-bond acceptors (Lipinski definition) is 6. The number of amides is 1. The maximum absolute atomic E-state index is 12.1. The van der Waals surface area contributed by atoms with Crippen LogP contribution in [0.5, 0.6) is 11.5 Å². The molecule has 9 heteroatoms. The number of nitro groups is 1. The van der Waals surface area contributed by atoms with Crippen molar-refractivity contribution in [2.75, 3.05) is 18.5 Å². The third kappa shape index (κ3) is 2.83. The Bertz CT molecular complexity index is 761. The summed E-state index contributed by atoms with van der Waals surface area (Å²) in [6.07, 6.45) is 0. The van der Waals surface area contributed by atoms with Crippen LogP contribution in [0.4, 0.5) is 11.4 Å². The Morgan fingerprint density at radius 1 is 1.27 bits per heavy atom. The van der Waals surface area contributed by atoms with E-state index in [-0.39, 0.29) is 14.9 Å². The highest BCUT2D eigenvalue weighted by Gasteiger charge is 2.21. The van der Waals surface area contributed by atoms with E-state index in [0.29, 0.717) is 30.4 Å². The molecule has 22 heavy (non-hydrogen) atoms. The lowest BCUT2D eigenvalue weighted by Crippen LogP contribution is -2.16. The van der Waals surface area contributed by atoms with Crippen molar-refractivity contribution in [3.05, 3.63) is 43.6 Å². The van der Waals surface area contributed by atoms with Gasteiger partial charge in [-0.25, -0.2) is 0 Å². The monoisotopic (exact) mass is 340 g/mol. The topological polar surface area (TPSA) is 90.7 Å². The van der Waals surface area contributed by atoms with Crippen molar-refractivity contribution in [2.24, 2.45) is 0 Å². The van der Waals surface area contributed by atoms with E-state index in [4.69, 9.17) is 21.1 Å². The van der Waals surface area contributed by atoms with Gasteiger partial charge in [0.1, 0.15) is 18.1 Å². The summed E-state index contributed by atoms with van der Waals surface area (Å²) in [5.41, 5.74) is 0.223. The largest absolute Gasteiger partial charge is 0.486 e. The lowest BCUT2D eigenvalue weighted by Gasteiger charge is -2.18. The van der Waals surface area contributed by atoms with Gasteiger partial charge in [-0.3, -0.25) is 14.9 Å². The summed E-state index contributed by atoms with van der Waals surface area (Å²) < 4.78 is 10.8. The smallest absolute Gasteiger partial charge is 0.299 e. The molecule has 1 aromatic carbocycles. The number of carbonyl (C=O) groups excluding carboxylic acids is 1.